The van der Waals surface area contributed by atoms with E-state index >= 15 is 0 Å². The SMILES string of the molecule is CC(C)(C)c1csc(C2CCN(Cc3ccnc4ccccc34)CC2)n1. The predicted molar refractivity (Wildman–Crippen MR) is 110 cm³/mol. The molecule has 0 unspecified atom stereocenters. The van der Waals surface area contributed by atoms with Gasteiger partial charge in [0.25, 0.3) is 0 Å². The van der Waals surface area contributed by atoms with Gasteiger partial charge in [0, 0.05) is 34.8 Å². The van der Waals surface area contributed by atoms with E-state index in [1.807, 2.05) is 17.5 Å². The zero-order valence-electron chi connectivity index (χ0n) is 15.9. The maximum absolute atomic E-state index is 4.95. The van der Waals surface area contributed by atoms with Crippen molar-refractivity contribution in [3.8, 4) is 0 Å². The van der Waals surface area contributed by atoms with Crippen LogP contribution in [-0.4, -0.2) is 28.0 Å². The first-order chi connectivity index (χ1) is 12.5. The van der Waals surface area contributed by atoms with Crippen molar-refractivity contribution in [3.05, 3.63) is 58.2 Å². The molecule has 1 fully saturated rings. The van der Waals surface area contributed by atoms with E-state index in [2.05, 4.69) is 66.4 Å². The van der Waals surface area contributed by atoms with Crippen LogP contribution < -0.4 is 0 Å². The van der Waals surface area contributed by atoms with Crippen LogP contribution in [0.3, 0.4) is 0 Å². The molecule has 0 saturated carbocycles. The van der Waals surface area contributed by atoms with Gasteiger partial charge in [-0.15, -0.1) is 11.3 Å². The molecule has 1 aromatic carbocycles. The number of hydrogen-bond acceptors (Lipinski definition) is 4. The summed E-state index contributed by atoms with van der Waals surface area (Å²) in [6, 6.07) is 10.6. The third-order valence-corrected chi connectivity index (χ3v) is 6.37. The van der Waals surface area contributed by atoms with Crippen molar-refractivity contribution in [1.82, 2.24) is 14.9 Å². The Bertz CT molecular complexity index is 880. The van der Waals surface area contributed by atoms with Crippen LogP contribution in [0, 0.1) is 0 Å². The summed E-state index contributed by atoms with van der Waals surface area (Å²) in [5, 5.41) is 4.88. The molecule has 136 valence electrons. The lowest BCUT2D eigenvalue weighted by Gasteiger charge is -2.31. The van der Waals surface area contributed by atoms with E-state index in [4.69, 9.17) is 4.98 Å². The van der Waals surface area contributed by atoms with Crippen molar-refractivity contribution in [1.29, 1.82) is 0 Å². The van der Waals surface area contributed by atoms with Gasteiger partial charge in [0.2, 0.25) is 0 Å². The van der Waals surface area contributed by atoms with Crippen molar-refractivity contribution in [2.24, 2.45) is 0 Å². The summed E-state index contributed by atoms with van der Waals surface area (Å²) in [6.07, 6.45) is 4.36. The summed E-state index contributed by atoms with van der Waals surface area (Å²) in [6.45, 7) is 10.0. The predicted octanol–water partition coefficient (Wildman–Crippen LogP) is 5.37. The van der Waals surface area contributed by atoms with Crippen LogP contribution in [0.5, 0.6) is 0 Å². The first-order valence-corrected chi connectivity index (χ1v) is 10.4. The third kappa shape index (κ3) is 3.67. The maximum atomic E-state index is 4.95. The van der Waals surface area contributed by atoms with Crippen molar-refractivity contribution in [2.45, 2.75) is 51.5 Å². The molecule has 1 aliphatic rings. The zero-order chi connectivity index (χ0) is 18.1. The van der Waals surface area contributed by atoms with Gasteiger partial charge in [0.15, 0.2) is 0 Å². The van der Waals surface area contributed by atoms with E-state index in [1.54, 1.807) is 0 Å². The van der Waals surface area contributed by atoms with Gasteiger partial charge >= 0.3 is 0 Å². The van der Waals surface area contributed by atoms with Gasteiger partial charge in [0.05, 0.1) is 16.2 Å². The number of rotatable bonds is 3. The molecule has 2 aromatic heterocycles. The first-order valence-electron chi connectivity index (χ1n) is 9.51. The van der Waals surface area contributed by atoms with Gasteiger partial charge in [0.1, 0.15) is 0 Å². The van der Waals surface area contributed by atoms with Crippen LogP contribution in [-0.2, 0) is 12.0 Å². The summed E-state index contributed by atoms with van der Waals surface area (Å²) in [5.74, 6) is 0.626. The number of hydrogen-bond donors (Lipinski definition) is 0. The number of nitrogens with zero attached hydrogens (tertiary/aromatic N) is 3. The number of aromatic nitrogens is 2. The Balaban J connectivity index is 1.41. The molecule has 0 aliphatic carbocycles. The average Bonchev–Trinajstić information content (AvgIpc) is 3.13. The molecule has 3 aromatic rings. The van der Waals surface area contributed by atoms with Gasteiger partial charge in [-0.25, -0.2) is 4.98 Å². The Morgan fingerprint density at radius 3 is 2.62 bits per heavy atom. The number of fused-ring (bicyclic) bond motifs is 1. The van der Waals surface area contributed by atoms with Crippen LogP contribution in [0.15, 0.2) is 41.9 Å². The molecule has 3 heterocycles. The van der Waals surface area contributed by atoms with E-state index < -0.39 is 0 Å². The standard InChI is InChI=1S/C22H27N3S/c1-22(2,3)20-15-26-21(24-20)16-9-12-25(13-10-16)14-17-8-11-23-19-7-5-4-6-18(17)19/h4-8,11,15-16H,9-10,12-14H2,1-3H3. The third-order valence-electron chi connectivity index (χ3n) is 5.36. The van der Waals surface area contributed by atoms with Crippen molar-refractivity contribution in [3.63, 3.8) is 0 Å². The summed E-state index contributed by atoms with van der Waals surface area (Å²) < 4.78 is 0. The molecular weight excluding hydrogens is 338 g/mol. The molecule has 1 saturated heterocycles. The molecule has 0 radical (unpaired) electrons. The minimum Gasteiger partial charge on any atom is -0.299 e. The highest BCUT2D eigenvalue weighted by Gasteiger charge is 2.25. The van der Waals surface area contributed by atoms with Crippen molar-refractivity contribution < 1.29 is 0 Å². The smallest absolute Gasteiger partial charge is 0.0960 e. The quantitative estimate of drug-likeness (QED) is 0.625. The maximum Gasteiger partial charge on any atom is 0.0960 e. The lowest BCUT2D eigenvalue weighted by atomic mass is 9.93. The summed E-state index contributed by atoms with van der Waals surface area (Å²) in [5.41, 5.74) is 3.87. The normalized spacial score (nSPS) is 17.0. The number of benzene rings is 1. The fourth-order valence-corrected chi connectivity index (χ4v) is 4.91. The van der Waals surface area contributed by atoms with Gasteiger partial charge in [-0.1, -0.05) is 39.0 Å². The number of thiazole rings is 1. The van der Waals surface area contributed by atoms with E-state index in [1.165, 1.54) is 34.5 Å². The van der Waals surface area contributed by atoms with Crippen molar-refractivity contribution >= 4 is 22.2 Å². The largest absolute Gasteiger partial charge is 0.299 e. The monoisotopic (exact) mass is 365 g/mol. The van der Waals surface area contributed by atoms with E-state index in [9.17, 15) is 0 Å². The number of piperidine rings is 1. The highest BCUT2D eigenvalue weighted by atomic mass is 32.1. The summed E-state index contributed by atoms with van der Waals surface area (Å²) in [7, 11) is 0. The Morgan fingerprint density at radius 1 is 1.12 bits per heavy atom. The lowest BCUT2D eigenvalue weighted by Crippen LogP contribution is -2.32. The molecule has 0 bridgehead atoms. The second-order valence-electron chi connectivity index (χ2n) is 8.36. The Hall–Kier alpha value is -1.78. The number of likely N-dealkylation sites (tertiary alicyclic amines) is 1. The van der Waals surface area contributed by atoms with Gasteiger partial charge in [-0.2, -0.15) is 0 Å². The molecular formula is C22H27N3S. The zero-order valence-corrected chi connectivity index (χ0v) is 16.7. The molecule has 0 spiro atoms. The van der Waals surface area contributed by atoms with Crippen LogP contribution in [0.4, 0.5) is 0 Å². The van der Waals surface area contributed by atoms with Crippen molar-refractivity contribution in [2.75, 3.05) is 13.1 Å². The Kier molecular flexibility index (Phi) is 4.80. The molecule has 4 rings (SSSR count). The van der Waals surface area contributed by atoms with Crippen LogP contribution in [0.2, 0.25) is 0 Å². The highest BCUT2D eigenvalue weighted by Crippen LogP contribution is 2.33. The minimum atomic E-state index is 0.151. The first kappa shape index (κ1) is 17.6. The molecule has 26 heavy (non-hydrogen) atoms. The van der Waals surface area contributed by atoms with Gasteiger partial charge in [-0.05, 0) is 43.6 Å². The van der Waals surface area contributed by atoms with E-state index in [0.717, 1.165) is 25.2 Å². The molecule has 3 nitrogen and oxygen atoms in total. The minimum absolute atomic E-state index is 0.151. The van der Waals surface area contributed by atoms with Crippen LogP contribution in [0.1, 0.15) is 55.8 Å². The van der Waals surface area contributed by atoms with Gasteiger partial charge in [-0.3, -0.25) is 9.88 Å². The second-order valence-corrected chi connectivity index (χ2v) is 9.25. The Labute approximate surface area is 160 Å². The van der Waals surface area contributed by atoms with Gasteiger partial charge < -0.3 is 0 Å². The lowest BCUT2D eigenvalue weighted by molar-refractivity contribution is 0.205. The molecule has 4 heteroatoms. The number of para-hydroxylation sites is 1. The summed E-state index contributed by atoms with van der Waals surface area (Å²) >= 11 is 1.85. The van der Waals surface area contributed by atoms with Crippen LogP contribution in [0.25, 0.3) is 10.9 Å². The molecule has 0 atom stereocenters. The van der Waals surface area contributed by atoms with E-state index in [0.29, 0.717) is 5.92 Å². The van der Waals surface area contributed by atoms with E-state index in [-0.39, 0.29) is 5.41 Å². The molecule has 0 N–H and O–H groups in total. The summed E-state index contributed by atoms with van der Waals surface area (Å²) in [4.78, 5) is 12.0. The average molecular weight is 366 g/mol. The highest BCUT2D eigenvalue weighted by molar-refractivity contribution is 7.09. The molecule has 0 amide bonds. The second kappa shape index (κ2) is 7.09. The Morgan fingerprint density at radius 2 is 1.88 bits per heavy atom. The van der Waals surface area contributed by atoms with Crippen LogP contribution >= 0.6 is 11.3 Å². The fourth-order valence-electron chi connectivity index (χ4n) is 3.69. The topological polar surface area (TPSA) is 29.0 Å². The molecule has 1 aliphatic heterocycles. The fraction of sp³-hybridized carbons (Fsp3) is 0.455. The number of pyridine rings is 1.